The second kappa shape index (κ2) is 6.19. The van der Waals surface area contributed by atoms with Gasteiger partial charge in [-0.1, -0.05) is 24.8 Å². The first-order chi connectivity index (χ1) is 7.45. The lowest BCUT2D eigenvalue weighted by molar-refractivity contribution is 0.305. The third-order valence-electron chi connectivity index (χ3n) is 3.75. The summed E-state index contributed by atoms with van der Waals surface area (Å²) in [6, 6.07) is 0. The number of nitrogens with zero attached hydrogens (tertiary/aromatic N) is 1. The molecule has 1 aliphatic carbocycles. The van der Waals surface area contributed by atoms with E-state index in [-0.39, 0.29) is 0 Å². The van der Waals surface area contributed by atoms with Crippen LogP contribution >= 0.6 is 0 Å². The number of likely N-dealkylation sites (tertiary alicyclic amines) is 1. The highest BCUT2D eigenvalue weighted by atomic mass is 15.1. The summed E-state index contributed by atoms with van der Waals surface area (Å²) in [6.07, 6.45) is 16.7. The Kier molecular flexibility index (Phi) is 4.56. The van der Waals surface area contributed by atoms with Gasteiger partial charge in [0.25, 0.3) is 0 Å². The van der Waals surface area contributed by atoms with E-state index in [0.29, 0.717) is 0 Å². The summed E-state index contributed by atoms with van der Waals surface area (Å²) in [7, 11) is 0. The Balaban J connectivity index is 1.84. The number of hydrogen-bond acceptors (Lipinski definition) is 1. The van der Waals surface area contributed by atoms with Crippen LogP contribution in [0.15, 0.2) is 11.8 Å². The van der Waals surface area contributed by atoms with Crippen molar-refractivity contribution in [2.45, 2.75) is 64.2 Å². The first-order valence-corrected chi connectivity index (χ1v) is 6.89. The lowest BCUT2D eigenvalue weighted by Gasteiger charge is -2.26. The molecule has 15 heavy (non-hydrogen) atoms. The molecule has 1 aliphatic heterocycles. The van der Waals surface area contributed by atoms with E-state index in [0.717, 1.165) is 0 Å². The molecule has 1 saturated heterocycles. The molecule has 86 valence electrons. The topological polar surface area (TPSA) is 3.24 Å². The fourth-order valence-corrected chi connectivity index (χ4v) is 2.79. The standard InChI is InChI=1S/C14H25N/c1-2-5-9-14(10-6-3-1)13-15-11-7-4-8-12-15/h13H,1-12H2. The van der Waals surface area contributed by atoms with Gasteiger partial charge in [0.05, 0.1) is 0 Å². The zero-order valence-electron chi connectivity index (χ0n) is 10.0. The molecule has 0 atom stereocenters. The fourth-order valence-electron chi connectivity index (χ4n) is 2.79. The van der Waals surface area contributed by atoms with E-state index in [1.807, 2.05) is 0 Å². The zero-order chi connectivity index (χ0) is 10.3. The maximum Gasteiger partial charge on any atom is 0.0172 e. The first kappa shape index (κ1) is 11.0. The van der Waals surface area contributed by atoms with Crippen LogP contribution in [0.25, 0.3) is 0 Å². The summed E-state index contributed by atoms with van der Waals surface area (Å²) >= 11 is 0. The second-order valence-corrected chi connectivity index (χ2v) is 5.15. The van der Waals surface area contributed by atoms with Crippen molar-refractivity contribution in [2.24, 2.45) is 0 Å². The van der Waals surface area contributed by atoms with Crippen molar-refractivity contribution < 1.29 is 0 Å². The second-order valence-electron chi connectivity index (χ2n) is 5.15. The van der Waals surface area contributed by atoms with E-state index in [1.54, 1.807) is 5.57 Å². The molecule has 0 bridgehead atoms. The average molecular weight is 207 g/mol. The van der Waals surface area contributed by atoms with E-state index in [2.05, 4.69) is 11.1 Å². The summed E-state index contributed by atoms with van der Waals surface area (Å²) in [6.45, 7) is 2.62. The minimum atomic E-state index is 1.31. The molecule has 0 aromatic heterocycles. The van der Waals surface area contributed by atoms with Gasteiger partial charge in [0.1, 0.15) is 0 Å². The molecule has 0 aromatic carbocycles. The predicted octanol–water partition coefficient (Wildman–Crippen LogP) is 4.10. The van der Waals surface area contributed by atoms with Crippen molar-refractivity contribution in [1.29, 1.82) is 0 Å². The van der Waals surface area contributed by atoms with Crippen molar-refractivity contribution in [3.05, 3.63) is 11.8 Å². The van der Waals surface area contributed by atoms with Crippen LogP contribution in [0.5, 0.6) is 0 Å². The number of rotatable bonds is 1. The Labute approximate surface area is 94.5 Å². The van der Waals surface area contributed by atoms with Crippen LogP contribution in [0, 0.1) is 0 Å². The maximum atomic E-state index is 2.57. The van der Waals surface area contributed by atoms with Gasteiger partial charge >= 0.3 is 0 Å². The van der Waals surface area contributed by atoms with Gasteiger partial charge in [-0.15, -0.1) is 0 Å². The molecule has 0 aromatic rings. The molecule has 1 nitrogen and oxygen atoms in total. The molecule has 2 rings (SSSR count). The Hall–Kier alpha value is -0.460. The molecular formula is C14H25N. The first-order valence-electron chi connectivity index (χ1n) is 6.89. The Bertz CT molecular complexity index is 191. The summed E-state index contributed by atoms with van der Waals surface area (Å²) in [5.74, 6) is 0. The Morgan fingerprint density at radius 1 is 0.667 bits per heavy atom. The molecule has 0 radical (unpaired) electrons. The molecule has 1 heteroatoms. The van der Waals surface area contributed by atoms with Crippen molar-refractivity contribution in [1.82, 2.24) is 4.90 Å². The number of hydrogen-bond donors (Lipinski definition) is 0. The molecule has 0 amide bonds. The van der Waals surface area contributed by atoms with Crippen LogP contribution in [0.3, 0.4) is 0 Å². The van der Waals surface area contributed by atoms with Crippen LogP contribution in [0.2, 0.25) is 0 Å². The molecule has 1 saturated carbocycles. The van der Waals surface area contributed by atoms with Crippen LogP contribution < -0.4 is 0 Å². The van der Waals surface area contributed by atoms with Gasteiger partial charge in [0.15, 0.2) is 0 Å². The monoisotopic (exact) mass is 207 g/mol. The van der Waals surface area contributed by atoms with Crippen molar-refractivity contribution in [3.63, 3.8) is 0 Å². The maximum absolute atomic E-state index is 2.57. The van der Waals surface area contributed by atoms with Crippen molar-refractivity contribution in [3.8, 4) is 0 Å². The van der Waals surface area contributed by atoms with Crippen molar-refractivity contribution >= 4 is 0 Å². The van der Waals surface area contributed by atoms with E-state index in [4.69, 9.17) is 0 Å². The van der Waals surface area contributed by atoms with Gasteiger partial charge in [-0.05, 0) is 51.1 Å². The summed E-state index contributed by atoms with van der Waals surface area (Å²) in [5.41, 5.74) is 1.73. The van der Waals surface area contributed by atoms with Crippen molar-refractivity contribution in [2.75, 3.05) is 13.1 Å². The Morgan fingerprint density at radius 2 is 1.20 bits per heavy atom. The van der Waals surface area contributed by atoms with Gasteiger partial charge in [-0.2, -0.15) is 0 Å². The highest BCUT2D eigenvalue weighted by Gasteiger charge is 2.09. The van der Waals surface area contributed by atoms with E-state index in [1.165, 1.54) is 77.3 Å². The SMILES string of the molecule is C(=C1CCCCCCC1)N1CCCCC1. The van der Waals surface area contributed by atoms with E-state index >= 15 is 0 Å². The molecule has 0 spiro atoms. The number of piperidine rings is 1. The molecule has 2 fully saturated rings. The average Bonchev–Trinajstić information content (AvgIpc) is 2.23. The fraction of sp³-hybridized carbons (Fsp3) is 0.857. The quantitative estimate of drug-likeness (QED) is 0.625. The summed E-state index contributed by atoms with van der Waals surface area (Å²) in [4.78, 5) is 2.57. The van der Waals surface area contributed by atoms with E-state index < -0.39 is 0 Å². The summed E-state index contributed by atoms with van der Waals surface area (Å²) in [5, 5.41) is 0. The molecule has 1 heterocycles. The zero-order valence-corrected chi connectivity index (χ0v) is 10.0. The molecular weight excluding hydrogens is 182 g/mol. The third kappa shape index (κ3) is 3.89. The summed E-state index contributed by atoms with van der Waals surface area (Å²) < 4.78 is 0. The van der Waals surface area contributed by atoms with Gasteiger partial charge in [0, 0.05) is 13.1 Å². The Morgan fingerprint density at radius 3 is 1.87 bits per heavy atom. The van der Waals surface area contributed by atoms with Crippen LogP contribution in [-0.4, -0.2) is 18.0 Å². The lowest BCUT2D eigenvalue weighted by atomic mass is 9.96. The smallest absolute Gasteiger partial charge is 0.0172 e. The van der Waals surface area contributed by atoms with Gasteiger partial charge in [-0.25, -0.2) is 0 Å². The minimum absolute atomic E-state index is 1.31. The highest BCUT2D eigenvalue weighted by Crippen LogP contribution is 2.22. The van der Waals surface area contributed by atoms with Crippen LogP contribution in [0.4, 0.5) is 0 Å². The molecule has 2 aliphatic rings. The van der Waals surface area contributed by atoms with Crippen LogP contribution in [-0.2, 0) is 0 Å². The van der Waals surface area contributed by atoms with Gasteiger partial charge in [-0.3, -0.25) is 0 Å². The number of allylic oxidation sites excluding steroid dienone is 1. The molecule has 0 N–H and O–H groups in total. The molecule has 0 unspecified atom stereocenters. The third-order valence-corrected chi connectivity index (χ3v) is 3.75. The predicted molar refractivity (Wildman–Crippen MR) is 65.8 cm³/mol. The van der Waals surface area contributed by atoms with Gasteiger partial charge in [0.2, 0.25) is 0 Å². The van der Waals surface area contributed by atoms with Crippen LogP contribution in [0.1, 0.15) is 64.2 Å². The normalized spacial score (nSPS) is 24.5. The van der Waals surface area contributed by atoms with Gasteiger partial charge < -0.3 is 4.90 Å². The lowest BCUT2D eigenvalue weighted by Crippen LogP contribution is -2.24. The highest BCUT2D eigenvalue weighted by molar-refractivity contribution is 5.02. The minimum Gasteiger partial charge on any atom is -0.377 e. The van der Waals surface area contributed by atoms with E-state index in [9.17, 15) is 0 Å². The largest absolute Gasteiger partial charge is 0.377 e.